The lowest BCUT2D eigenvalue weighted by Crippen LogP contribution is -2.10. The minimum absolute atomic E-state index is 0.286. The highest BCUT2D eigenvalue weighted by atomic mass is 79.9. The maximum Gasteiger partial charge on any atom is 0.207 e. The van der Waals surface area contributed by atoms with Crippen LogP contribution >= 0.6 is 15.9 Å². The van der Waals surface area contributed by atoms with Gasteiger partial charge in [0.1, 0.15) is 5.82 Å². The average molecular weight is 356 g/mol. The first-order valence-electron chi connectivity index (χ1n) is 6.94. The molecule has 0 amide bonds. The van der Waals surface area contributed by atoms with Gasteiger partial charge in [-0.05, 0) is 53.9 Å². The van der Waals surface area contributed by atoms with Gasteiger partial charge in [-0.15, -0.1) is 0 Å². The number of nitrogens with one attached hydrogen (secondary N) is 1. The van der Waals surface area contributed by atoms with E-state index in [-0.39, 0.29) is 5.82 Å². The highest BCUT2D eigenvalue weighted by molar-refractivity contribution is 9.10. The van der Waals surface area contributed by atoms with Crippen LogP contribution in [0.3, 0.4) is 0 Å². The molecule has 0 atom stereocenters. The van der Waals surface area contributed by atoms with E-state index >= 15 is 0 Å². The van der Waals surface area contributed by atoms with Crippen LogP contribution in [0, 0.1) is 12.7 Å². The summed E-state index contributed by atoms with van der Waals surface area (Å²) in [6.07, 6.45) is 4.42. The average Bonchev–Trinajstić information content (AvgIpc) is 2.91. The summed E-state index contributed by atoms with van der Waals surface area (Å²) in [5.74, 6) is 0.419. The smallest absolute Gasteiger partial charge is 0.207 e. The Balaban J connectivity index is 2.11. The molecule has 0 bridgehead atoms. The summed E-state index contributed by atoms with van der Waals surface area (Å²) < 4.78 is 21.4. The van der Waals surface area contributed by atoms with E-state index in [1.165, 1.54) is 6.07 Å². The second-order valence-electron chi connectivity index (χ2n) is 4.65. The van der Waals surface area contributed by atoms with E-state index in [9.17, 15) is 4.39 Å². The van der Waals surface area contributed by atoms with Gasteiger partial charge in [0, 0.05) is 32.2 Å². The molecule has 1 aromatic carbocycles. The molecule has 2 aromatic rings. The third kappa shape index (κ3) is 4.04. The molecule has 114 valence electrons. The van der Waals surface area contributed by atoms with E-state index in [2.05, 4.69) is 26.2 Å². The van der Waals surface area contributed by atoms with Crippen molar-refractivity contribution in [3.05, 3.63) is 40.4 Å². The predicted octanol–water partition coefficient (Wildman–Crippen LogP) is 3.92. The predicted molar refractivity (Wildman–Crippen MR) is 85.6 cm³/mol. The van der Waals surface area contributed by atoms with Crippen LogP contribution in [-0.2, 0) is 4.74 Å². The number of hydrogen-bond acceptors (Lipinski definition) is 3. The lowest BCUT2D eigenvalue weighted by molar-refractivity contribution is 0.147. The van der Waals surface area contributed by atoms with Crippen LogP contribution in [0.15, 0.2) is 29.0 Å². The van der Waals surface area contributed by atoms with E-state index in [4.69, 9.17) is 4.74 Å². The minimum atomic E-state index is -0.286. The number of ether oxygens (including phenoxy) is 1. The first kappa shape index (κ1) is 16.0. The van der Waals surface area contributed by atoms with Crippen molar-refractivity contribution in [1.29, 1.82) is 0 Å². The SMILES string of the molecule is CCOCCCNc1nccn1-c1cc(F)c(Br)cc1C. The Morgan fingerprint density at radius 3 is 3.00 bits per heavy atom. The van der Waals surface area contributed by atoms with Gasteiger partial charge in [0.25, 0.3) is 0 Å². The van der Waals surface area contributed by atoms with Crippen LogP contribution in [0.2, 0.25) is 0 Å². The molecule has 0 spiro atoms. The van der Waals surface area contributed by atoms with Gasteiger partial charge in [-0.3, -0.25) is 4.57 Å². The Morgan fingerprint density at radius 1 is 1.43 bits per heavy atom. The molecule has 1 N–H and O–H groups in total. The van der Waals surface area contributed by atoms with E-state index < -0.39 is 0 Å². The molecule has 21 heavy (non-hydrogen) atoms. The van der Waals surface area contributed by atoms with Crippen molar-refractivity contribution in [1.82, 2.24) is 9.55 Å². The number of aryl methyl sites for hydroxylation is 1. The van der Waals surface area contributed by atoms with Gasteiger partial charge in [-0.2, -0.15) is 0 Å². The molecular formula is C15H19BrFN3O. The first-order chi connectivity index (χ1) is 10.1. The fourth-order valence-corrected chi connectivity index (χ4v) is 2.50. The maximum atomic E-state index is 13.8. The fourth-order valence-electron chi connectivity index (χ4n) is 2.04. The summed E-state index contributed by atoms with van der Waals surface area (Å²) in [5.41, 5.74) is 1.75. The van der Waals surface area contributed by atoms with E-state index in [1.54, 1.807) is 12.3 Å². The van der Waals surface area contributed by atoms with Gasteiger partial charge < -0.3 is 10.1 Å². The van der Waals surface area contributed by atoms with Gasteiger partial charge in [-0.25, -0.2) is 9.37 Å². The molecule has 0 radical (unpaired) electrons. The Morgan fingerprint density at radius 2 is 2.24 bits per heavy atom. The minimum Gasteiger partial charge on any atom is -0.382 e. The van der Waals surface area contributed by atoms with Crippen molar-refractivity contribution in [3.63, 3.8) is 0 Å². The highest BCUT2D eigenvalue weighted by Gasteiger charge is 2.10. The summed E-state index contributed by atoms with van der Waals surface area (Å²) in [6.45, 7) is 6.13. The molecule has 0 fully saturated rings. The van der Waals surface area contributed by atoms with Crippen LogP contribution in [0.25, 0.3) is 5.69 Å². The van der Waals surface area contributed by atoms with Gasteiger partial charge in [-0.1, -0.05) is 0 Å². The van der Waals surface area contributed by atoms with Crippen LogP contribution < -0.4 is 5.32 Å². The zero-order valence-corrected chi connectivity index (χ0v) is 13.8. The zero-order chi connectivity index (χ0) is 15.2. The Labute approximate surface area is 132 Å². The Kier molecular flexibility index (Phi) is 5.76. The monoisotopic (exact) mass is 355 g/mol. The third-order valence-corrected chi connectivity index (χ3v) is 3.70. The summed E-state index contributed by atoms with van der Waals surface area (Å²) in [5, 5.41) is 3.25. The van der Waals surface area contributed by atoms with Crippen LogP contribution in [0.5, 0.6) is 0 Å². The fraction of sp³-hybridized carbons (Fsp3) is 0.400. The Hall–Kier alpha value is -1.40. The summed E-state index contributed by atoms with van der Waals surface area (Å²) in [6, 6.07) is 3.27. The van der Waals surface area contributed by atoms with Crippen molar-refractivity contribution in [2.24, 2.45) is 0 Å². The molecule has 1 heterocycles. The molecule has 1 aromatic heterocycles. The number of nitrogens with zero attached hydrogens (tertiary/aromatic N) is 2. The van der Waals surface area contributed by atoms with Crippen LogP contribution in [0.4, 0.5) is 10.3 Å². The first-order valence-corrected chi connectivity index (χ1v) is 7.73. The lowest BCUT2D eigenvalue weighted by Gasteiger charge is -2.13. The molecule has 6 heteroatoms. The van der Waals surface area contributed by atoms with E-state index in [1.807, 2.05) is 24.6 Å². The van der Waals surface area contributed by atoms with Crippen molar-refractivity contribution in [3.8, 4) is 5.69 Å². The van der Waals surface area contributed by atoms with Gasteiger partial charge >= 0.3 is 0 Å². The summed E-state index contributed by atoms with van der Waals surface area (Å²) in [7, 11) is 0. The van der Waals surface area contributed by atoms with Crippen molar-refractivity contribution < 1.29 is 9.13 Å². The molecule has 0 saturated heterocycles. The number of anilines is 1. The quantitative estimate of drug-likeness (QED) is 0.765. The number of hydrogen-bond donors (Lipinski definition) is 1. The second kappa shape index (κ2) is 7.56. The normalized spacial score (nSPS) is 10.9. The van der Waals surface area contributed by atoms with Crippen molar-refractivity contribution in [2.45, 2.75) is 20.3 Å². The second-order valence-corrected chi connectivity index (χ2v) is 5.51. The lowest BCUT2D eigenvalue weighted by atomic mass is 10.2. The molecule has 2 rings (SSSR count). The third-order valence-electron chi connectivity index (χ3n) is 3.09. The highest BCUT2D eigenvalue weighted by Crippen LogP contribution is 2.25. The van der Waals surface area contributed by atoms with Crippen LogP contribution in [-0.4, -0.2) is 29.3 Å². The van der Waals surface area contributed by atoms with Gasteiger partial charge in [0.05, 0.1) is 10.2 Å². The van der Waals surface area contributed by atoms with E-state index in [0.29, 0.717) is 10.4 Å². The largest absolute Gasteiger partial charge is 0.382 e. The zero-order valence-electron chi connectivity index (χ0n) is 12.2. The van der Waals surface area contributed by atoms with E-state index in [0.717, 1.165) is 37.4 Å². The molecular weight excluding hydrogens is 337 g/mol. The van der Waals surface area contributed by atoms with Crippen LogP contribution in [0.1, 0.15) is 18.9 Å². The number of halogens is 2. The maximum absolute atomic E-state index is 13.8. The molecule has 0 aliphatic carbocycles. The molecule has 0 aliphatic rings. The molecule has 0 saturated carbocycles. The standard InChI is InChI=1S/C15H19BrFN3O/c1-3-21-8-4-5-18-15-19-6-7-20(15)14-10-13(17)12(16)9-11(14)2/h6-7,9-10H,3-5,8H2,1-2H3,(H,18,19). The number of aromatic nitrogens is 2. The summed E-state index contributed by atoms with van der Waals surface area (Å²) >= 11 is 3.20. The van der Waals surface area contributed by atoms with Crippen molar-refractivity contribution >= 4 is 21.9 Å². The van der Waals surface area contributed by atoms with Gasteiger partial charge in [0.2, 0.25) is 5.95 Å². The summed E-state index contributed by atoms with van der Waals surface area (Å²) in [4.78, 5) is 4.28. The number of benzene rings is 1. The van der Waals surface area contributed by atoms with Crippen molar-refractivity contribution in [2.75, 3.05) is 25.1 Å². The molecule has 0 aliphatic heterocycles. The number of imidazole rings is 1. The molecule has 4 nitrogen and oxygen atoms in total. The topological polar surface area (TPSA) is 39.1 Å². The number of rotatable bonds is 7. The van der Waals surface area contributed by atoms with Gasteiger partial charge in [0.15, 0.2) is 0 Å². The molecule has 0 unspecified atom stereocenters. The Bertz CT molecular complexity index is 601.